The van der Waals surface area contributed by atoms with Gasteiger partial charge in [-0.1, -0.05) is 32.9 Å². The van der Waals surface area contributed by atoms with E-state index in [1.807, 2.05) is 20.8 Å². The zero-order valence-electron chi connectivity index (χ0n) is 26.4. The Balaban J connectivity index is 1.57. The Morgan fingerprint density at radius 1 is 1.11 bits per heavy atom. The summed E-state index contributed by atoms with van der Waals surface area (Å²) in [6.45, 7) is 7.72. The Hall–Kier alpha value is -4.65. The molecular weight excluding hydrogens is 581 g/mol. The SMILES string of the molecule is CN[C@@H](C)C(=O)N[C@H](C(=O)N1CCC[C@H]1C(=O)Cc1cc2c(NC(=O)Nc3ccccc3F)ncnc2cc1OC)C(C)(C)C. The molecule has 0 radical (unpaired) electrons. The number of rotatable bonds is 10. The van der Waals surface area contributed by atoms with E-state index in [1.165, 1.54) is 31.6 Å². The van der Waals surface area contributed by atoms with E-state index in [0.29, 0.717) is 41.6 Å². The number of aromatic nitrogens is 2. The molecule has 0 spiro atoms. The molecule has 13 heteroatoms. The fourth-order valence-corrected chi connectivity index (χ4v) is 5.26. The first-order valence-electron chi connectivity index (χ1n) is 14.8. The van der Waals surface area contributed by atoms with Crippen molar-refractivity contribution in [2.45, 2.75) is 65.1 Å². The first-order chi connectivity index (χ1) is 21.3. The van der Waals surface area contributed by atoms with Crippen LogP contribution in [0.3, 0.4) is 0 Å². The first kappa shape index (κ1) is 33.2. The highest BCUT2D eigenvalue weighted by molar-refractivity contribution is 6.05. The number of fused-ring (bicyclic) bond motifs is 1. The molecule has 1 aliphatic heterocycles. The van der Waals surface area contributed by atoms with Gasteiger partial charge in [-0.25, -0.2) is 19.2 Å². The van der Waals surface area contributed by atoms with Gasteiger partial charge in [0.2, 0.25) is 11.8 Å². The molecule has 3 aromatic rings. The summed E-state index contributed by atoms with van der Waals surface area (Å²) in [5.41, 5.74) is 0.378. The number of ether oxygens (including phenoxy) is 1. The van der Waals surface area contributed by atoms with Crippen molar-refractivity contribution in [2.24, 2.45) is 5.41 Å². The minimum atomic E-state index is -0.828. The van der Waals surface area contributed by atoms with Crippen LogP contribution in [0.2, 0.25) is 0 Å². The number of anilines is 2. The summed E-state index contributed by atoms with van der Waals surface area (Å²) in [7, 11) is 3.14. The molecule has 3 atom stereocenters. The number of para-hydroxylation sites is 1. The highest BCUT2D eigenvalue weighted by atomic mass is 19.1. The quantitative estimate of drug-likeness (QED) is 0.268. The third-order valence-electron chi connectivity index (χ3n) is 7.89. The lowest BCUT2D eigenvalue weighted by Gasteiger charge is -2.36. The van der Waals surface area contributed by atoms with Crippen molar-refractivity contribution < 1.29 is 28.3 Å². The lowest BCUT2D eigenvalue weighted by Crippen LogP contribution is -2.58. The maximum absolute atomic E-state index is 14.1. The van der Waals surface area contributed by atoms with Crippen LogP contribution in [0.1, 0.15) is 46.1 Å². The Bertz CT molecular complexity index is 1590. The average molecular weight is 622 g/mol. The van der Waals surface area contributed by atoms with Gasteiger partial charge in [0.1, 0.15) is 29.8 Å². The lowest BCUT2D eigenvalue weighted by atomic mass is 9.85. The number of likely N-dealkylation sites (N-methyl/N-ethyl adjacent to an activating group) is 1. The summed E-state index contributed by atoms with van der Waals surface area (Å²) in [6, 6.07) is 6.37. The van der Waals surface area contributed by atoms with Crippen molar-refractivity contribution in [1.82, 2.24) is 25.5 Å². The largest absolute Gasteiger partial charge is 0.496 e. The van der Waals surface area contributed by atoms with Crippen molar-refractivity contribution in [2.75, 3.05) is 31.3 Å². The molecule has 1 aromatic heterocycles. The smallest absolute Gasteiger partial charge is 0.324 e. The molecule has 2 heterocycles. The number of methoxy groups -OCH3 is 1. The molecule has 12 nitrogen and oxygen atoms in total. The summed E-state index contributed by atoms with van der Waals surface area (Å²) in [4.78, 5) is 63.0. The second-order valence-electron chi connectivity index (χ2n) is 12.1. The molecule has 0 saturated carbocycles. The van der Waals surface area contributed by atoms with E-state index >= 15 is 0 Å². The van der Waals surface area contributed by atoms with Gasteiger partial charge in [-0.05, 0) is 50.4 Å². The predicted molar refractivity (Wildman–Crippen MR) is 168 cm³/mol. The lowest BCUT2D eigenvalue weighted by molar-refractivity contribution is -0.143. The maximum Gasteiger partial charge on any atom is 0.324 e. The number of carbonyl (C=O) groups is 4. The standard InChI is InChI=1S/C32H40FN7O5/c1-18(34-5)29(42)38-27(32(2,3)4)30(43)40-13-9-12-24(40)25(41)15-19-14-20-23(16-26(19)45-6)35-17-36-28(20)39-31(44)37-22-11-8-7-10-21(22)33/h7-8,10-11,14,16-18,24,27,34H,9,12-13,15H2,1-6H3,(H,38,42)(H2,35,36,37,39,44)/t18-,24-,27+/m0/s1. The van der Waals surface area contributed by atoms with Crippen molar-refractivity contribution in [3.05, 3.63) is 54.1 Å². The topological polar surface area (TPSA) is 155 Å². The van der Waals surface area contributed by atoms with Crippen LogP contribution in [-0.4, -0.2) is 77.3 Å². The van der Waals surface area contributed by atoms with E-state index < -0.39 is 35.4 Å². The fraction of sp³-hybridized carbons (Fsp3) is 0.438. The van der Waals surface area contributed by atoms with Gasteiger partial charge in [0.15, 0.2) is 5.78 Å². The van der Waals surface area contributed by atoms with Gasteiger partial charge in [-0.2, -0.15) is 0 Å². The Kier molecular flexibility index (Phi) is 10.3. The average Bonchev–Trinajstić information content (AvgIpc) is 3.50. The number of urea groups is 1. The van der Waals surface area contributed by atoms with E-state index in [9.17, 15) is 23.6 Å². The predicted octanol–water partition coefficient (Wildman–Crippen LogP) is 3.66. The molecule has 45 heavy (non-hydrogen) atoms. The molecular formula is C32H40FN7O5. The molecule has 1 aliphatic rings. The molecule has 4 amide bonds. The van der Waals surface area contributed by atoms with Crippen LogP contribution in [-0.2, 0) is 20.8 Å². The third kappa shape index (κ3) is 7.72. The van der Waals surface area contributed by atoms with Crippen LogP contribution in [0.5, 0.6) is 5.75 Å². The van der Waals surface area contributed by atoms with E-state index in [2.05, 4.69) is 31.2 Å². The highest BCUT2D eigenvalue weighted by Crippen LogP contribution is 2.31. The molecule has 0 aliphatic carbocycles. The Morgan fingerprint density at radius 3 is 2.51 bits per heavy atom. The van der Waals surface area contributed by atoms with E-state index in [0.717, 1.165) is 0 Å². The molecule has 0 unspecified atom stereocenters. The van der Waals surface area contributed by atoms with Gasteiger partial charge in [-0.15, -0.1) is 0 Å². The van der Waals surface area contributed by atoms with Crippen molar-refractivity contribution in [3.63, 3.8) is 0 Å². The van der Waals surface area contributed by atoms with Crippen molar-refractivity contribution in [3.8, 4) is 5.75 Å². The van der Waals surface area contributed by atoms with Crippen LogP contribution in [0, 0.1) is 11.2 Å². The number of carbonyl (C=O) groups excluding carboxylic acids is 4. The summed E-state index contributed by atoms with van der Waals surface area (Å²) in [5, 5.41) is 11.3. The monoisotopic (exact) mass is 621 g/mol. The number of hydrogen-bond donors (Lipinski definition) is 4. The number of hydrogen-bond acceptors (Lipinski definition) is 8. The minimum absolute atomic E-state index is 0.00166. The summed E-state index contributed by atoms with van der Waals surface area (Å²) in [6.07, 6.45) is 2.35. The third-order valence-corrected chi connectivity index (χ3v) is 7.89. The molecule has 2 aromatic carbocycles. The normalized spacial score (nSPS) is 16.2. The number of nitrogens with one attached hydrogen (secondary N) is 4. The summed E-state index contributed by atoms with van der Waals surface area (Å²) in [5.74, 6) is -0.821. The van der Waals surface area contributed by atoms with Crippen molar-refractivity contribution in [1.29, 1.82) is 0 Å². The number of Topliss-reactive ketones (excluding diaryl/α,β-unsaturated/α-hetero) is 1. The molecule has 4 rings (SSSR count). The molecule has 0 bridgehead atoms. The Labute approximate surface area is 261 Å². The number of likely N-dealkylation sites (tertiary alicyclic amines) is 1. The van der Waals surface area contributed by atoms with Gasteiger partial charge in [0.05, 0.1) is 30.4 Å². The van der Waals surface area contributed by atoms with Crippen LogP contribution in [0.4, 0.5) is 20.7 Å². The minimum Gasteiger partial charge on any atom is -0.496 e. The van der Waals surface area contributed by atoms with E-state index in [4.69, 9.17) is 4.74 Å². The van der Waals surface area contributed by atoms with Gasteiger partial charge < -0.3 is 25.6 Å². The molecule has 1 fully saturated rings. The second-order valence-corrected chi connectivity index (χ2v) is 12.1. The number of amides is 4. The number of halogens is 1. The van der Waals surface area contributed by atoms with Crippen molar-refractivity contribution >= 4 is 46.0 Å². The van der Waals surface area contributed by atoms with E-state index in [-0.39, 0.29) is 35.5 Å². The Morgan fingerprint density at radius 2 is 1.84 bits per heavy atom. The summed E-state index contributed by atoms with van der Waals surface area (Å²) < 4.78 is 19.6. The van der Waals surface area contributed by atoms with Crippen LogP contribution in [0.25, 0.3) is 10.9 Å². The van der Waals surface area contributed by atoms with Gasteiger partial charge in [-0.3, -0.25) is 19.7 Å². The van der Waals surface area contributed by atoms with Crippen LogP contribution >= 0.6 is 0 Å². The van der Waals surface area contributed by atoms with Crippen LogP contribution < -0.4 is 26.0 Å². The second kappa shape index (κ2) is 14.0. The maximum atomic E-state index is 14.1. The molecule has 1 saturated heterocycles. The molecule has 4 N–H and O–H groups in total. The van der Waals surface area contributed by atoms with Crippen LogP contribution in [0.15, 0.2) is 42.7 Å². The number of ketones is 1. The van der Waals surface area contributed by atoms with Gasteiger partial charge in [0, 0.05) is 30.0 Å². The zero-order chi connectivity index (χ0) is 32.9. The zero-order valence-corrected chi connectivity index (χ0v) is 26.4. The molecule has 240 valence electrons. The first-order valence-corrected chi connectivity index (χ1v) is 14.8. The van der Waals surface area contributed by atoms with Gasteiger partial charge >= 0.3 is 6.03 Å². The number of benzene rings is 2. The van der Waals surface area contributed by atoms with E-state index in [1.54, 1.807) is 37.1 Å². The summed E-state index contributed by atoms with van der Waals surface area (Å²) >= 11 is 0. The van der Waals surface area contributed by atoms with Gasteiger partial charge in [0.25, 0.3) is 0 Å². The number of nitrogens with zero attached hydrogens (tertiary/aromatic N) is 3. The fourth-order valence-electron chi connectivity index (χ4n) is 5.26. The highest BCUT2D eigenvalue weighted by Gasteiger charge is 2.42.